The van der Waals surface area contributed by atoms with Crippen LogP contribution in [-0.2, 0) is 17.6 Å². The predicted molar refractivity (Wildman–Crippen MR) is 106 cm³/mol. The molecule has 1 aromatic carbocycles. The van der Waals surface area contributed by atoms with E-state index in [2.05, 4.69) is 17.2 Å². The zero-order valence-corrected chi connectivity index (χ0v) is 16.6. The highest BCUT2D eigenvalue weighted by Crippen LogP contribution is 2.43. The third-order valence-electron chi connectivity index (χ3n) is 5.00. The number of thiazole rings is 1. The number of esters is 1. The summed E-state index contributed by atoms with van der Waals surface area (Å²) in [4.78, 5) is 18.4. The molecular formula is C19H18N2O4S2. The summed E-state index contributed by atoms with van der Waals surface area (Å²) in [5.74, 6) is 1.81. The Kier molecular flexibility index (Phi) is 3.98. The van der Waals surface area contributed by atoms with Gasteiger partial charge in [0.2, 0.25) is 6.79 Å². The van der Waals surface area contributed by atoms with E-state index in [1.165, 1.54) is 23.3 Å². The van der Waals surface area contributed by atoms with Crippen molar-refractivity contribution in [1.82, 2.24) is 4.98 Å². The van der Waals surface area contributed by atoms with Gasteiger partial charge in [0.1, 0.15) is 5.00 Å². The molecule has 5 rings (SSSR count). The van der Waals surface area contributed by atoms with Crippen LogP contribution in [0.1, 0.15) is 34.1 Å². The Labute approximate surface area is 164 Å². The normalized spacial score (nSPS) is 17.8. The second-order valence-corrected chi connectivity index (χ2v) is 9.00. The van der Waals surface area contributed by atoms with E-state index in [0.29, 0.717) is 11.5 Å². The maximum absolute atomic E-state index is 12.4. The standard InChI is InChI=1S/C19H18N2O4S2/c1-9-3-4-10-14(5-9)26-17(16(10)18(22)23-2)21-19-20-11-6-12-13(25-8-24-12)7-15(11)27-19/h6-7,9H,3-5,8H2,1-2H3,(H,20,21). The molecule has 27 heavy (non-hydrogen) atoms. The van der Waals surface area contributed by atoms with Gasteiger partial charge in [-0.1, -0.05) is 18.3 Å². The molecule has 0 amide bonds. The average molecular weight is 402 g/mol. The number of benzene rings is 1. The first-order valence-corrected chi connectivity index (χ1v) is 10.5. The van der Waals surface area contributed by atoms with E-state index in [0.717, 1.165) is 56.7 Å². The molecular weight excluding hydrogens is 384 g/mol. The number of aromatic nitrogens is 1. The van der Waals surface area contributed by atoms with Crippen molar-refractivity contribution in [2.75, 3.05) is 19.2 Å². The molecule has 3 heterocycles. The van der Waals surface area contributed by atoms with Crippen LogP contribution in [0.4, 0.5) is 10.1 Å². The number of anilines is 2. The van der Waals surface area contributed by atoms with Gasteiger partial charge in [0, 0.05) is 17.0 Å². The molecule has 6 nitrogen and oxygen atoms in total. The highest BCUT2D eigenvalue weighted by atomic mass is 32.1. The van der Waals surface area contributed by atoms with E-state index < -0.39 is 0 Å². The summed E-state index contributed by atoms with van der Waals surface area (Å²) in [6, 6.07) is 3.84. The number of carbonyl (C=O) groups is 1. The lowest BCUT2D eigenvalue weighted by Crippen LogP contribution is -2.13. The quantitative estimate of drug-likeness (QED) is 0.638. The largest absolute Gasteiger partial charge is 0.465 e. The minimum atomic E-state index is -0.286. The van der Waals surface area contributed by atoms with Gasteiger partial charge in [-0.15, -0.1) is 11.3 Å². The Balaban J connectivity index is 1.53. The molecule has 1 aliphatic heterocycles. The molecule has 2 aliphatic rings. The maximum atomic E-state index is 12.4. The van der Waals surface area contributed by atoms with Gasteiger partial charge in [0.15, 0.2) is 16.6 Å². The Morgan fingerprint density at radius 2 is 2.11 bits per heavy atom. The van der Waals surface area contributed by atoms with Gasteiger partial charge in [0.25, 0.3) is 0 Å². The summed E-state index contributed by atoms with van der Waals surface area (Å²) in [5.41, 5.74) is 2.65. The van der Waals surface area contributed by atoms with E-state index in [4.69, 9.17) is 14.2 Å². The number of thiophene rings is 1. The SMILES string of the molecule is COC(=O)c1c(Nc2nc3cc4c(cc3s2)OCO4)sc2c1CCC(C)C2. The van der Waals surface area contributed by atoms with E-state index in [-0.39, 0.29) is 12.8 Å². The number of fused-ring (bicyclic) bond motifs is 3. The fourth-order valence-electron chi connectivity index (χ4n) is 3.63. The molecule has 0 spiro atoms. The molecule has 1 N–H and O–H groups in total. The number of hydrogen-bond acceptors (Lipinski definition) is 8. The first-order valence-electron chi connectivity index (χ1n) is 8.82. The Bertz CT molecular complexity index is 1010. The van der Waals surface area contributed by atoms with Crippen LogP contribution in [0.3, 0.4) is 0 Å². The zero-order chi connectivity index (χ0) is 18.5. The molecule has 140 valence electrons. The third-order valence-corrected chi connectivity index (χ3v) is 7.11. The fraction of sp³-hybridized carbons (Fsp3) is 0.368. The maximum Gasteiger partial charge on any atom is 0.341 e. The van der Waals surface area contributed by atoms with Crippen LogP contribution in [0, 0.1) is 5.92 Å². The third kappa shape index (κ3) is 2.83. The molecule has 0 saturated carbocycles. The summed E-state index contributed by atoms with van der Waals surface area (Å²) in [6.07, 6.45) is 3.02. The minimum Gasteiger partial charge on any atom is -0.465 e. The molecule has 0 bridgehead atoms. The van der Waals surface area contributed by atoms with Crippen LogP contribution in [-0.4, -0.2) is 24.9 Å². The van der Waals surface area contributed by atoms with Crippen LogP contribution >= 0.6 is 22.7 Å². The Hall–Kier alpha value is -2.32. The monoisotopic (exact) mass is 402 g/mol. The smallest absolute Gasteiger partial charge is 0.341 e. The number of carbonyl (C=O) groups excluding carboxylic acids is 1. The number of ether oxygens (including phenoxy) is 3. The van der Waals surface area contributed by atoms with Gasteiger partial charge in [-0.2, -0.15) is 0 Å². The summed E-state index contributed by atoms with van der Waals surface area (Å²) < 4.78 is 16.9. The average Bonchev–Trinajstić information content (AvgIpc) is 3.34. The highest BCUT2D eigenvalue weighted by Gasteiger charge is 2.28. The number of rotatable bonds is 3. The van der Waals surface area contributed by atoms with Gasteiger partial charge in [-0.25, -0.2) is 9.78 Å². The van der Waals surface area contributed by atoms with E-state index in [1.54, 1.807) is 11.3 Å². The van der Waals surface area contributed by atoms with Crippen LogP contribution < -0.4 is 14.8 Å². The van der Waals surface area contributed by atoms with Crippen molar-refractivity contribution < 1.29 is 19.0 Å². The fourth-order valence-corrected chi connectivity index (χ4v) is 5.97. The molecule has 1 aliphatic carbocycles. The lowest BCUT2D eigenvalue weighted by atomic mass is 9.88. The molecule has 1 unspecified atom stereocenters. The minimum absolute atomic E-state index is 0.249. The van der Waals surface area contributed by atoms with Crippen LogP contribution in [0.2, 0.25) is 0 Å². The summed E-state index contributed by atoms with van der Waals surface area (Å²) in [7, 11) is 1.43. The topological polar surface area (TPSA) is 69.7 Å². The molecule has 0 saturated heterocycles. The van der Waals surface area contributed by atoms with Crippen molar-refractivity contribution in [3.05, 3.63) is 28.1 Å². The van der Waals surface area contributed by atoms with Gasteiger partial charge in [0.05, 0.1) is 22.9 Å². The van der Waals surface area contributed by atoms with Crippen molar-refractivity contribution in [2.24, 2.45) is 5.92 Å². The van der Waals surface area contributed by atoms with Crippen molar-refractivity contribution in [3.8, 4) is 11.5 Å². The van der Waals surface area contributed by atoms with Crippen LogP contribution in [0.5, 0.6) is 11.5 Å². The first-order chi connectivity index (χ1) is 13.1. The van der Waals surface area contributed by atoms with Crippen LogP contribution in [0.25, 0.3) is 10.2 Å². The molecule has 1 atom stereocenters. The van der Waals surface area contributed by atoms with Crippen molar-refractivity contribution in [1.29, 1.82) is 0 Å². The van der Waals surface area contributed by atoms with Crippen molar-refractivity contribution in [3.63, 3.8) is 0 Å². The predicted octanol–water partition coefficient (Wildman–Crippen LogP) is 4.74. The summed E-state index contributed by atoms with van der Waals surface area (Å²) >= 11 is 3.17. The van der Waals surface area contributed by atoms with Gasteiger partial charge in [-0.3, -0.25) is 0 Å². The summed E-state index contributed by atoms with van der Waals surface area (Å²) in [5, 5.41) is 4.93. The lowest BCUT2D eigenvalue weighted by Gasteiger charge is -2.18. The van der Waals surface area contributed by atoms with E-state index in [9.17, 15) is 4.79 Å². The van der Waals surface area contributed by atoms with E-state index >= 15 is 0 Å². The number of hydrogen-bond donors (Lipinski definition) is 1. The zero-order valence-electron chi connectivity index (χ0n) is 15.0. The Morgan fingerprint density at radius 1 is 1.30 bits per heavy atom. The molecule has 8 heteroatoms. The Morgan fingerprint density at radius 3 is 2.93 bits per heavy atom. The number of nitrogens with zero attached hydrogens (tertiary/aromatic N) is 1. The molecule has 2 aromatic heterocycles. The second-order valence-electron chi connectivity index (χ2n) is 6.86. The number of methoxy groups -OCH3 is 1. The highest BCUT2D eigenvalue weighted by molar-refractivity contribution is 7.23. The van der Waals surface area contributed by atoms with Gasteiger partial charge >= 0.3 is 5.97 Å². The molecule has 0 fully saturated rings. The van der Waals surface area contributed by atoms with Crippen molar-refractivity contribution in [2.45, 2.75) is 26.2 Å². The molecule has 3 aromatic rings. The van der Waals surface area contributed by atoms with Gasteiger partial charge < -0.3 is 19.5 Å². The first kappa shape index (κ1) is 16.8. The lowest BCUT2D eigenvalue weighted by molar-refractivity contribution is 0.0600. The second kappa shape index (κ2) is 6.38. The van der Waals surface area contributed by atoms with E-state index in [1.807, 2.05) is 12.1 Å². The summed E-state index contributed by atoms with van der Waals surface area (Å²) in [6.45, 7) is 2.50. The van der Waals surface area contributed by atoms with Gasteiger partial charge in [-0.05, 0) is 30.7 Å². The molecule has 0 radical (unpaired) electrons. The van der Waals surface area contributed by atoms with Crippen LogP contribution in [0.15, 0.2) is 12.1 Å². The van der Waals surface area contributed by atoms with Crippen molar-refractivity contribution >= 4 is 49.0 Å². The number of nitrogens with one attached hydrogen (secondary N) is 1.